The number of benzene rings is 1. The van der Waals surface area contributed by atoms with E-state index in [1.807, 2.05) is 48.2 Å². The van der Waals surface area contributed by atoms with E-state index in [2.05, 4.69) is 5.32 Å². The highest BCUT2D eigenvalue weighted by atomic mass is 35.5. The molecule has 2 heterocycles. The van der Waals surface area contributed by atoms with Crippen molar-refractivity contribution in [2.24, 2.45) is 7.05 Å². The van der Waals surface area contributed by atoms with Gasteiger partial charge in [-0.1, -0.05) is 17.7 Å². The first kappa shape index (κ1) is 13.2. The SMILES string of the molecule is Cc1ccc(NC(=O)c2cc3sccc3n2C)cc1Cl. The minimum atomic E-state index is -0.129. The minimum absolute atomic E-state index is 0.129. The van der Waals surface area contributed by atoms with Gasteiger partial charge < -0.3 is 9.88 Å². The van der Waals surface area contributed by atoms with Gasteiger partial charge in [-0.05, 0) is 42.1 Å². The van der Waals surface area contributed by atoms with E-state index in [1.54, 1.807) is 17.4 Å². The molecule has 0 unspecified atom stereocenters. The second-order valence-electron chi connectivity index (χ2n) is 4.68. The molecule has 1 N–H and O–H groups in total. The second-order valence-corrected chi connectivity index (χ2v) is 6.03. The van der Waals surface area contributed by atoms with Gasteiger partial charge in [0, 0.05) is 17.8 Å². The first-order valence-corrected chi connectivity index (χ1v) is 7.42. The molecule has 5 heteroatoms. The van der Waals surface area contributed by atoms with Crippen LogP contribution in [0.4, 0.5) is 5.69 Å². The van der Waals surface area contributed by atoms with Crippen molar-refractivity contribution in [3.05, 3.63) is 52.0 Å². The number of carbonyl (C=O) groups excluding carboxylic acids is 1. The Balaban J connectivity index is 1.90. The van der Waals surface area contributed by atoms with Crippen molar-refractivity contribution >= 4 is 44.7 Å². The van der Waals surface area contributed by atoms with Crippen molar-refractivity contribution in [1.29, 1.82) is 0 Å². The fraction of sp³-hybridized carbons (Fsp3) is 0.133. The summed E-state index contributed by atoms with van der Waals surface area (Å²) in [6.45, 7) is 1.93. The van der Waals surface area contributed by atoms with Crippen LogP contribution in [-0.2, 0) is 7.05 Å². The Kier molecular flexibility index (Phi) is 3.28. The molecule has 0 spiro atoms. The molecule has 0 aliphatic rings. The van der Waals surface area contributed by atoms with Gasteiger partial charge in [0.25, 0.3) is 5.91 Å². The molecule has 0 atom stereocenters. The third-order valence-electron chi connectivity index (χ3n) is 3.33. The van der Waals surface area contributed by atoms with E-state index in [1.165, 1.54) is 0 Å². The van der Waals surface area contributed by atoms with Gasteiger partial charge in [-0.3, -0.25) is 4.79 Å². The third kappa shape index (κ3) is 2.21. The summed E-state index contributed by atoms with van der Waals surface area (Å²) in [6, 6.07) is 9.43. The van der Waals surface area contributed by atoms with Gasteiger partial charge >= 0.3 is 0 Å². The standard InChI is InChI=1S/C15H13ClN2OS/c1-9-3-4-10(7-11(9)16)17-15(19)13-8-14-12(18(13)2)5-6-20-14/h3-8H,1-2H3,(H,17,19). The van der Waals surface area contributed by atoms with E-state index in [9.17, 15) is 4.79 Å². The Labute approximate surface area is 125 Å². The zero-order valence-corrected chi connectivity index (χ0v) is 12.7. The molecule has 0 fully saturated rings. The number of hydrogen-bond acceptors (Lipinski definition) is 2. The summed E-state index contributed by atoms with van der Waals surface area (Å²) >= 11 is 7.69. The lowest BCUT2D eigenvalue weighted by atomic mass is 10.2. The average molecular weight is 305 g/mol. The molecule has 0 saturated carbocycles. The van der Waals surface area contributed by atoms with E-state index >= 15 is 0 Å². The Morgan fingerprint density at radius 2 is 2.10 bits per heavy atom. The van der Waals surface area contributed by atoms with Crippen molar-refractivity contribution in [2.45, 2.75) is 6.92 Å². The van der Waals surface area contributed by atoms with Crippen LogP contribution in [0.3, 0.4) is 0 Å². The van der Waals surface area contributed by atoms with Crippen LogP contribution in [0.15, 0.2) is 35.7 Å². The zero-order valence-electron chi connectivity index (χ0n) is 11.1. The van der Waals surface area contributed by atoms with E-state index in [0.717, 1.165) is 15.8 Å². The molecule has 0 bridgehead atoms. The lowest BCUT2D eigenvalue weighted by Crippen LogP contribution is -2.15. The summed E-state index contributed by atoms with van der Waals surface area (Å²) < 4.78 is 3.01. The molecule has 20 heavy (non-hydrogen) atoms. The molecule has 0 radical (unpaired) electrons. The molecule has 1 amide bonds. The number of nitrogens with one attached hydrogen (secondary N) is 1. The van der Waals surface area contributed by atoms with Crippen LogP contribution in [0.2, 0.25) is 5.02 Å². The van der Waals surface area contributed by atoms with E-state index in [-0.39, 0.29) is 5.91 Å². The van der Waals surface area contributed by atoms with Gasteiger partial charge in [-0.15, -0.1) is 11.3 Å². The van der Waals surface area contributed by atoms with Crippen LogP contribution in [0.1, 0.15) is 16.1 Å². The number of aromatic nitrogens is 1. The molecule has 0 aliphatic carbocycles. The fourth-order valence-electron chi connectivity index (χ4n) is 2.13. The summed E-state index contributed by atoms with van der Waals surface area (Å²) in [7, 11) is 1.89. The van der Waals surface area contributed by atoms with Gasteiger partial charge in [0.1, 0.15) is 5.69 Å². The summed E-state index contributed by atoms with van der Waals surface area (Å²) in [5.41, 5.74) is 3.41. The highest BCUT2D eigenvalue weighted by Gasteiger charge is 2.14. The highest BCUT2D eigenvalue weighted by Crippen LogP contribution is 2.25. The number of aryl methyl sites for hydroxylation is 2. The maximum absolute atomic E-state index is 12.3. The van der Waals surface area contributed by atoms with Gasteiger partial charge in [0.15, 0.2) is 0 Å². The van der Waals surface area contributed by atoms with E-state index < -0.39 is 0 Å². The number of carbonyl (C=O) groups is 1. The van der Waals surface area contributed by atoms with Crippen LogP contribution >= 0.6 is 22.9 Å². The van der Waals surface area contributed by atoms with Crippen molar-refractivity contribution < 1.29 is 4.79 Å². The first-order valence-electron chi connectivity index (χ1n) is 6.16. The fourth-order valence-corrected chi connectivity index (χ4v) is 3.16. The van der Waals surface area contributed by atoms with Crippen LogP contribution in [0.25, 0.3) is 10.2 Å². The number of amides is 1. The summed E-state index contributed by atoms with van der Waals surface area (Å²) in [6.07, 6.45) is 0. The van der Waals surface area contributed by atoms with Gasteiger partial charge in [-0.25, -0.2) is 0 Å². The lowest BCUT2D eigenvalue weighted by molar-refractivity contribution is 0.102. The van der Waals surface area contributed by atoms with Crippen molar-refractivity contribution in [3.8, 4) is 0 Å². The molecule has 3 aromatic rings. The Morgan fingerprint density at radius 3 is 2.80 bits per heavy atom. The molecule has 0 saturated heterocycles. The molecular weight excluding hydrogens is 292 g/mol. The maximum atomic E-state index is 12.3. The van der Waals surface area contributed by atoms with Crippen LogP contribution in [0.5, 0.6) is 0 Å². The summed E-state index contributed by atoms with van der Waals surface area (Å²) in [4.78, 5) is 12.3. The normalized spacial score (nSPS) is 10.9. The van der Waals surface area contributed by atoms with Crippen molar-refractivity contribution in [1.82, 2.24) is 4.57 Å². The van der Waals surface area contributed by atoms with Crippen molar-refractivity contribution in [3.63, 3.8) is 0 Å². The predicted molar refractivity (Wildman–Crippen MR) is 84.9 cm³/mol. The molecule has 102 valence electrons. The zero-order chi connectivity index (χ0) is 14.3. The molecule has 0 aliphatic heterocycles. The first-order chi connectivity index (χ1) is 9.56. The number of nitrogens with zero attached hydrogens (tertiary/aromatic N) is 1. The minimum Gasteiger partial charge on any atom is -0.339 e. The monoisotopic (exact) mass is 304 g/mol. The maximum Gasteiger partial charge on any atom is 0.272 e. The molecule has 1 aromatic carbocycles. The molecule has 3 rings (SSSR count). The number of hydrogen-bond donors (Lipinski definition) is 1. The molecular formula is C15H13ClN2OS. The average Bonchev–Trinajstić information content (AvgIpc) is 2.97. The Hall–Kier alpha value is -1.78. The highest BCUT2D eigenvalue weighted by molar-refractivity contribution is 7.17. The lowest BCUT2D eigenvalue weighted by Gasteiger charge is -2.07. The van der Waals surface area contributed by atoms with Crippen molar-refractivity contribution in [2.75, 3.05) is 5.32 Å². The third-order valence-corrected chi connectivity index (χ3v) is 4.59. The number of halogens is 1. The topological polar surface area (TPSA) is 34.0 Å². The van der Waals surface area contributed by atoms with Gasteiger partial charge in [0.05, 0.1) is 10.2 Å². The largest absolute Gasteiger partial charge is 0.339 e. The summed E-state index contributed by atoms with van der Waals surface area (Å²) in [5.74, 6) is -0.129. The van der Waals surface area contributed by atoms with Crippen LogP contribution in [0, 0.1) is 6.92 Å². The number of rotatable bonds is 2. The number of thiophene rings is 1. The second kappa shape index (κ2) is 4.96. The smallest absolute Gasteiger partial charge is 0.272 e. The number of fused-ring (bicyclic) bond motifs is 1. The Bertz CT molecular complexity index is 803. The predicted octanol–water partition coefficient (Wildman–Crippen LogP) is 4.45. The van der Waals surface area contributed by atoms with E-state index in [0.29, 0.717) is 16.4 Å². The Morgan fingerprint density at radius 1 is 1.30 bits per heavy atom. The van der Waals surface area contributed by atoms with E-state index in [4.69, 9.17) is 11.6 Å². The van der Waals surface area contributed by atoms with Gasteiger partial charge in [0.2, 0.25) is 0 Å². The molecule has 3 nitrogen and oxygen atoms in total. The van der Waals surface area contributed by atoms with Gasteiger partial charge in [-0.2, -0.15) is 0 Å². The summed E-state index contributed by atoms with van der Waals surface area (Å²) in [5, 5.41) is 5.55. The quantitative estimate of drug-likeness (QED) is 0.745. The van der Waals surface area contributed by atoms with Crippen LogP contribution in [-0.4, -0.2) is 10.5 Å². The van der Waals surface area contributed by atoms with Crippen LogP contribution < -0.4 is 5.32 Å². The number of anilines is 1. The molecule has 2 aromatic heterocycles.